The molecule has 0 unspecified atom stereocenters. The van der Waals surface area contributed by atoms with Crippen LogP contribution in [0.5, 0.6) is 0 Å². The Morgan fingerprint density at radius 3 is 2.27 bits per heavy atom. The molecule has 1 heterocycles. The van der Waals surface area contributed by atoms with E-state index in [2.05, 4.69) is 15.5 Å². The Bertz CT molecular complexity index is 353. The lowest BCUT2D eigenvalue weighted by Crippen LogP contribution is -2.53. The second kappa shape index (κ2) is 10.0. The third kappa shape index (κ3) is 6.10. The third-order valence-corrected chi connectivity index (χ3v) is 4.39. The van der Waals surface area contributed by atoms with Crippen molar-refractivity contribution < 1.29 is 9.59 Å². The summed E-state index contributed by atoms with van der Waals surface area (Å²) < 4.78 is 0. The fourth-order valence-electron chi connectivity index (χ4n) is 3.14. The maximum absolute atomic E-state index is 12.1. The minimum Gasteiger partial charge on any atom is -0.352 e. The molecule has 0 bridgehead atoms. The van der Waals surface area contributed by atoms with E-state index in [-0.39, 0.29) is 24.2 Å². The van der Waals surface area contributed by atoms with Gasteiger partial charge >= 0.3 is 0 Å². The average Bonchev–Trinajstić information content (AvgIpc) is 2.49. The summed E-state index contributed by atoms with van der Waals surface area (Å²) in [6, 6.07) is 0.379. The molecular weight excluding hydrogens is 304 g/mol. The molecule has 0 aromatic carbocycles. The molecule has 2 fully saturated rings. The molecule has 0 aromatic heterocycles. The van der Waals surface area contributed by atoms with E-state index in [9.17, 15) is 9.59 Å². The van der Waals surface area contributed by atoms with Crippen LogP contribution in [-0.2, 0) is 9.59 Å². The predicted octanol–water partition coefficient (Wildman–Crippen LogP) is 0.221. The van der Waals surface area contributed by atoms with Gasteiger partial charge in [0.25, 0.3) is 0 Å². The number of nitrogens with zero attached hydrogens (tertiary/aromatic N) is 2. The maximum Gasteiger partial charge on any atom is 0.236 e. The van der Waals surface area contributed by atoms with Gasteiger partial charge in [0.2, 0.25) is 11.8 Å². The van der Waals surface area contributed by atoms with E-state index >= 15 is 0 Å². The van der Waals surface area contributed by atoms with Crippen LogP contribution in [-0.4, -0.2) is 74.0 Å². The lowest BCUT2D eigenvalue weighted by Gasteiger charge is -2.34. The molecule has 1 saturated heterocycles. The van der Waals surface area contributed by atoms with Crippen LogP contribution < -0.4 is 10.6 Å². The van der Waals surface area contributed by atoms with Gasteiger partial charge in [-0.15, -0.1) is 12.4 Å². The van der Waals surface area contributed by atoms with Gasteiger partial charge in [-0.1, -0.05) is 19.3 Å². The number of hydrogen-bond donors (Lipinski definition) is 2. The van der Waals surface area contributed by atoms with E-state index in [1.807, 2.05) is 4.90 Å². The monoisotopic (exact) mass is 332 g/mol. The summed E-state index contributed by atoms with van der Waals surface area (Å²) in [6.07, 6.45) is 6.01. The molecule has 6 nitrogen and oxygen atoms in total. The van der Waals surface area contributed by atoms with Crippen molar-refractivity contribution in [1.29, 1.82) is 0 Å². The van der Waals surface area contributed by atoms with Gasteiger partial charge in [-0.2, -0.15) is 0 Å². The van der Waals surface area contributed by atoms with E-state index < -0.39 is 0 Å². The van der Waals surface area contributed by atoms with Crippen molar-refractivity contribution in [2.75, 3.05) is 46.3 Å². The molecule has 1 aliphatic carbocycles. The van der Waals surface area contributed by atoms with E-state index in [0.29, 0.717) is 19.1 Å². The quantitative estimate of drug-likeness (QED) is 0.756. The average molecular weight is 333 g/mol. The molecule has 0 spiro atoms. The van der Waals surface area contributed by atoms with Crippen molar-refractivity contribution in [2.45, 2.75) is 38.1 Å². The van der Waals surface area contributed by atoms with Crippen LogP contribution >= 0.6 is 12.4 Å². The Kier molecular flexibility index (Phi) is 8.75. The largest absolute Gasteiger partial charge is 0.352 e. The zero-order valence-corrected chi connectivity index (χ0v) is 14.3. The molecule has 128 valence electrons. The number of hydrogen-bond acceptors (Lipinski definition) is 4. The van der Waals surface area contributed by atoms with Gasteiger partial charge in [0.05, 0.1) is 13.1 Å². The molecule has 0 aromatic rings. The fraction of sp³-hybridized carbons (Fsp3) is 0.867. The Morgan fingerprint density at radius 2 is 1.68 bits per heavy atom. The predicted molar refractivity (Wildman–Crippen MR) is 89.2 cm³/mol. The highest BCUT2D eigenvalue weighted by molar-refractivity contribution is 5.85. The first-order valence-corrected chi connectivity index (χ1v) is 8.13. The van der Waals surface area contributed by atoms with Crippen LogP contribution in [0.4, 0.5) is 0 Å². The first-order valence-electron chi connectivity index (χ1n) is 8.13. The smallest absolute Gasteiger partial charge is 0.236 e. The number of piperazine rings is 1. The van der Waals surface area contributed by atoms with Gasteiger partial charge in [0.1, 0.15) is 0 Å². The molecule has 1 aliphatic heterocycles. The van der Waals surface area contributed by atoms with Crippen molar-refractivity contribution in [3.05, 3.63) is 0 Å². The maximum atomic E-state index is 12.1. The van der Waals surface area contributed by atoms with Gasteiger partial charge in [-0.25, -0.2) is 0 Å². The van der Waals surface area contributed by atoms with Crippen LogP contribution in [0.1, 0.15) is 32.1 Å². The van der Waals surface area contributed by atoms with E-state index in [1.54, 1.807) is 7.05 Å². The molecule has 1 saturated carbocycles. The van der Waals surface area contributed by atoms with Crippen molar-refractivity contribution in [1.82, 2.24) is 20.4 Å². The summed E-state index contributed by atoms with van der Waals surface area (Å²) in [5.41, 5.74) is 0. The Balaban J connectivity index is 0.00000242. The van der Waals surface area contributed by atoms with Crippen molar-refractivity contribution in [3.8, 4) is 0 Å². The van der Waals surface area contributed by atoms with Crippen LogP contribution in [0, 0.1) is 0 Å². The number of carbonyl (C=O) groups excluding carboxylic acids is 2. The first kappa shape index (κ1) is 19.2. The normalized spacial score (nSPS) is 20.3. The molecule has 0 atom stereocenters. The summed E-state index contributed by atoms with van der Waals surface area (Å²) in [5, 5.41) is 6.03. The summed E-state index contributed by atoms with van der Waals surface area (Å²) in [7, 11) is 1.78. The minimum atomic E-state index is 0. The van der Waals surface area contributed by atoms with Gasteiger partial charge in [-0.3, -0.25) is 14.5 Å². The third-order valence-electron chi connectivity index (χ3n) is 4.39. The van der Waals surface area contributed by atoms with E-state index in [1.165, 1.54) is 19.3 Å². The second-order valence-corrected chi connectivity index (χ2v) is 6.09. The summed E-state index contributed by atoms with van der Waals surface area (Å²) in [6.45, 7) is 3.86. The molecule has 2 N–H and O–H groups in total. The molecule has 0 radical (unpaired) electrons. The van der Waals surface area contributed by atoms with E-state index in [0.717, 1.165) is 39.0 Å². The van der Waals surface area contributed by atoms with Gasteiger partial charge in [-0.05, 0) is 19.9 Å². The van der Waals surface area contributed by atoms with Crippen LogP contribution in [0.3, 0.4) is 0 Å². The second-order valence-electron chi connectivity index (χ2n) is 6.09. The number of nitrogens with one attached hydrogen (secondary N) is 2. The zero-order chi connectivity index (χ0) is 15.1. The van der Waals surface area contributed by atoms with Crippen molar-refractivity contribution >= 4 is 24.2 Å². The van der Waals surface area contributed by atoms with Crippen LogP contribution in [0.25, 0.3) is 0 Å². The molecule has 22 heavy (non-hydrogen) atoms. The van der Waals surface area contributed by atoms with Gasteiger partial charge in [0.15, 0.2) is 0 Å². The molecule has 2 rings (SSSR count). The Hall–Kier alpha value is -0.850. The first-order chi connectivity index (χ1) is 10.2. The zero-order valence-electron chi connectivity index (χ0n) is 13.5. The van der Waals surface area contributed by atoms with Crippen molar-refractivity contribution in [2.24, 2.45) is 0 Å². The number of rotatable bonds is 5. The van der Waals surface area contributed by atoms with Gasteiger partial charge < -0.3 is 15.5 Å². The molecule has 2 aliphatic rings. The minimum absolute atomic E-state index is 0. The molecular formula is C15H29ClN4O2. The molecule has 7 heteroatoms. The number of amides is 2. The molecule has 2 amide bonds. The highest BCUT2D eigenvalue weighted by Gasteiger charge is 2.23. The number of carbonyl (C=O) groups is 2. The highest BCUT2D eigenvalue weighted by Crippen LogP contribution is 2.17. The standard InChI is InChI=1S/C15H28N4O2.ClH/c1-16-11-15(21)19-9-7-18(8-10-19)12-14(20)17-13-5-3-2-4-6-13;/h13,16H,2-12H2,1H3,(H,17,20);1H. The van der Waals surface area contributed by atoms with E-state index in [4.69, 9.17) is 0 Å². The van der Waals surface area contributed by atoms with Crippen molar-refractivity contribution in [3.63, 3.8) is 0 Å². The Morgan fingerprint density at radius 1 is 1.05 bits per heavy atom. The fourth-order valence-corrected chi connectivity index (χ4v) is 3.14. The number of likely N-dealkylation sites (N-methyl/N-ethyl adjacent to an activating group) is 1. The Labute approximate surface area is 139 Å². The SMILES string of the molecule is CNCC(=O)N1CCN(CC(=O)NC2CCCCC2)CC1.Cl. The summed E-state index contributed by atoms with van der Waals surface area (Å²) >= 11 is 0. The summed E-state index contributed by atoms with van der Waals surface area (Å²) in [4.78, 5) is 27.8. The lowest BCUT2D eigenvalue weighted by atomic mass is 9.95. The van der Waals surface area contributed by atoms with Crippen LogP contribution in [0.2, 0.25) is 0 Å². The summed E-state index contributed by atoms with van der Waals surface area (Å²) in [5.74, 6) is 0.278. The van der Waals surface area contributed by atoms with Gasteiger partial charge in [0, 0.05) is 32.2 Å². The highest BCUT2D eigenvalue weighted by atomic mass is 35.5. The topological polar surface area (TPSA) is 64.7 Å². The lowest BCUT2D eigenvalue weighted by molar-refractivity contribution is -0.132. The van der Waals surface area contributed by atoms with Crippen LogP contribution in [0.15, 0.2) is 0 Å². The number of halogens is 1.